The summed E-state index contributed by atoms with van der Waals surface area (Å²) in [6.45, 7) is 2.43. The van der Waals surface area contributed by atoms with Gasteiger partial charge in [-0.05, 0) is 48.7 Å². The summed E-state index contributed by atoms with van der Waals surface area (Å²) in [4.78, 5) is 9.29. The third kappa shape index (κ3) is 3.51. The van der Waals surface area contributed by atoms with Crippen LogP contribution in [0.2, 0.25) is 0 Å². The van der Waals surface area contributed by atoms with Gasteiger partial charge in [-0.15, -0.1) is 0 Å². The van der Waals surface area contributed by atoms with Crippen LogP contribution in [0.15, 0.2) is 65.8 Å². The van der Waals surface area contributed by atoms with Gasteiger partial charge in [0, 0.05) is 30.2 Å². The molecule has 0 aliphatic carbocycles. The molecule has 1 aliphatic rings. The van der Waals surface area contributed by atoms with E-state index in [0.29, 0.717) is 29.6 Å². The summed E-state index contributed by atoms with van der Waals surface area (Å²) in [5.41, 5.74) is 5.44. The number of rotatable bonds is 4. The van der Waals surface area contributed by atoms with Crippen LogP contribution >= 0.6 is 11.7 Å². The predicted octanol–water partition coefficient (Wildman–Crippen LogP) is 4.43. The van der Waals surface area contributed by atoms with Crippen LogP contribution in [0.4, 0.5) is 11.5 Å². The smallest absolute Gasteiger partial charge is 0.245 e. The van der Waals surface area contributed by atoms with Crippen LogP contribution in [0, 0.1) is 6.92 Å². The number of sulfonamides is 1. The van der Waals surface area contributed by atoms with E-state index in [2.05, 4.69) is 24.0 Å². The summed E-state index contributed by atoms with van der Waals surface area (Å²) in [5, 5.41) is 4.42. The van der Waals surface area contributed by atoms with Gasteiger partial charge in [0.25, 0.3) is 0 Å². The fraction of sp³-hybridized carbons (Fsp3) is 0.167. The maximum Gasteiger partial charge on any atom is 0.245 e. The van der Waals surface area contributed by atoms with Gasteiger partial charge in [-0.25, -0.2) is 13.4 Å². The van der Waals surface area contributed by atoms with Gasteiger partial charge in [0.05, 0.1) is 29.1 Å². The Morgan fingerprint density at radius 3 is 2.82 bits per heavy atom. The number of nitrogens with zero attached hydrogens (tertiary/aromatic N) is 5. The molecule has 2 aromatic carbocycles. The Balaban J connectivity index is 1.32. The molecule has 10 heteroatoms. The summed E-state index contributed by atoms with van der Waals surface area (Å²) < 4.78 is 37.3. The summed E-state index contributed by atoms with van der Waals surface area (Å²) in [7, 11) is -3.74. The average Bonchev–Trinajstić information content (AvgIpc) is 3.32. The minimum atomic E-state index is -3.74. The molecular formula is C24H20N6O2S2. The maximum absolute atomic E-state index is 13.7. The Morgan fingerprint density at radius 1 is 1.03 bits per heavy atom. The number of hydrogen-bond acceptors (Lipinski definition) is 8. The molecular weight excluding hydrogens is 468 g/mol. The minimum absolute atomic E-state index is 0.247. The standard InChI is InChI=1S/C24H20N6O2S2/c1-15-6-7-21-22(29-33-28-21)23(15)34(31,32)30-11-9-19-17(14-30)8-10-25-24(19)27-18-12-16-4-2-3-5-20(16)26-13-18/h2-8,10,12-13H,9,11,14H2,1H3,(H,25,27). The molecule has 5 aromatic rings. The van der Waals surface area contributed by atoms with Crippen LogP contribution in [0.3, 0.4) is 0 Å². The van der Waals surface area contributed by atoms with Gasteiger partial charge in [-0.3, -0.25) is 4.98 Å². The van der Waals surface area contributed by atoms with Crippen molar-refractivity contribution in [2.75, 3.05) is 11.9 Å². The van der Waals surface area contributed by atoms with Crippen molar-refractivity contribution in [3.63, 3.8) is 0 Å². The molecule has 8 nitrogen and oxygen atoms in total. The molecule has 4 heterocycles. The number of aryl methyl sites for hydroxylation is 1. The molecule has 0 bridgehead atoms. The Kier molecular flexibility index (Phi) is 5.01. The van der Waals surface area contributed by atoms with E-state index in [1.54, 1.807) is 25.4 Å². The highest BCUT2D eigenvalue weighted by Gasteiger charge is 2.33. The van der Waals surface area contributed by atoms with Crippen molar-refractivity contribution >= 4 is 55.2 Å². The molecule has 3 aromatic heterocycles. The van der Waals surface area contributed by atoms with Crippen molar-refractivity contribution in [3.8, 4) is 0 Å². The van der Waals surface area contributed by atoms with E-state index in [1.807, 2.05) is 42.5 Å². The Hall–Kier alpha value is -3.47. The van der Waals surface area contributed by atoms with Crippen molar-refractivity contribution in [2.24, 2.45) is 0 Å². The first-order valence-electron chi connectivity index (χ1n) is 10.8. The lowest BCUT2D eigenvalue weighted by Crippen LogP contribution is -2.36. The summed E-state index contributed by atoms with van der Waals surface area (Å²) in [6, 6.07) is 15.5. The monoisotopic (exact) mass is 488 g/mol. The molecule has 0 unspecified atom stereocenters. The zero-order valence-electron chi connectivity index (χ0n) is 18.3. The molecule has 0 amide bonds. The summed E-state index contributed by atoms with van der Waals surface area (Å²) in [6.07, 6.45) is 4.05. The highest BCUT2D eigenvalue weighted by atomic mass is 32.2. The number of anilines is 2. The fourth-order valence-electron chi connectivity index (χ4n) is 4.44. The topological polar surface area (TPSA) is 101 Å². The first-order valence-corrected chi connectivity index (χ1v) is 13.0. The van der Waals surface area contributed by atoms with Crippen molar-refractivity contribution in [1.82, 2.24) is 23.0 Å². The molecule has 0 atom stereocenters. The average molecular weight is 489 g/mol. The molecule has 0 saturated heterocycles. The van der Waals surface area contributed by atoms with Gasteiger partial charge in [0.2, 0.25) is 10.0 Å². The van der Waals surface area contributed by atoms with Crippen molar-refractivity contribution in [1.29, 1.82) is 0 Å². The van der Waals surface area contributed by atoms with Gasteiger partial charge in [-0.2, -0.15) is 13.1 Å². The SMILES string of the molecule is Cc1ccc2nsnc2c1S(=O)(=O)N1CCc2c(ccnc2Nc2cnc3ccccc3c2)C1. The van der Waals surface area contributed by atoms with Crippen LogP contribution in [0.25, 0.3) is 21.9 Å². The molecule has 6 rings (SSSR count). The van der Waals surface area contributed by atoms with E-state index in [9.17, 15) is 8.42 Å². The van der Waals surface area contributed by atoms with Crippen LogP contribution in [-0.2, 0) is 23.0 Å². The van der Waals surface area contributed by atoms with Gasteiger partial charge < -0.3 is 5.32 Å². The highest BCUT2D eigenvalue weighted by molar-refractivity contribution is 7.89. The van der Waals surface area contributed by atoms with E-state index < -0.39 is 10.0 Å². The van der Waals surface area contributed by atoms with E-state index in [4.69, 9.17) is 0 Å². The second kappa shape index (κ2) is 8.08. The fourth-order valence-corrected chi connectivity index (χ4v) is 6.81. The summed E-state index contributed by atoms with van der Waals surface area (Å²) in [5.74, 6) is 0.730. The summed E-state index contributed by atoms with van der Waals surface area (Å²) >= 11 is 1.03. The Labute approximate surface area is 200 Å². The maximum atomic E-state index is 13.7. The predicted molar refractivity (Wildman–Crippen MR) is 133 cm³/mol. The van der Waals surface area contributed by atoms with Gasteiger partial charge >= 0.3 is 0 Å². The van der Waals surface area contributed by atoms with Crippen molar-refractivity contribution in [3.05, 3.63) is 77.6 Å². The lowest BCUT2D eigenvalue weighted by Gasteiger charge is -2.29. The lowest BCUT2D eigenvalue weighted by atomic mass is 10.0. The number of nitrogens with one attached hydrogen (secondary N) is 1. The zero-order valence-corrected chi connectivity index (χ0v) is 19.9. The molecule has 0 spiro atoms. The second-order valence-corrected chi connectivity index (χ2v) is 10.7. The number of pyridine rings is 2. The Bertz CT molecular complexity index is 1670. The van der Waals surface area contributed by atoms with Crippen LogP contribution in [0.1, 0.15) is 16.7 Å². The van der Waals surface area contributed by atoms with Gasteiger partial charge in [0.15, 0.2) is 0 Å². The first kappa shape index (κ1) is 21.1. The molecule has 1 N–H and O–H groups in total. The number of hydrogen-bond donors (Lipinski definition) is 1. The highest BCUT2D eigenvalue weighted by Crippen LogP contribution is 2.33. The number of para-hydroxylation sites is 1. The number of benzene rings is 2. The quantitative estimate of drug-likeness (QED) is 0.399. The van der Waals surface area contributed by atoms with Crippen molar-refractivity contribution in [2.45, 2.75) is 24.8 Å². The normalized spacial score (nSPS) is 14.4. The number of aromatic nitrogens is 4. The minimum Gasteiger partial charge on any atom is -0.339 e. The molecule has 34 heavy (non-hydrogen) atoms. The second-order valence-electron chi connectivity index (χ2n) is 8.27. The van der Waals surface area contributed by atoms with E-state index >= 15 is 0 Å². The zero-order chi connectivity index (χ0) is 23.3. The molecule has 1 aliphatic heterocycles. The molecule has 0 saturated carbocycles. The van der Waals surface area contributed by atoms with Crippen LogP contribution in [-0.4, -0.2) is 38.0 Å². The first-order chi connectivity index (χ1) is 16.5. The van der Waals surface area contributed by atoms with Crippen molar-refractivity contribution < 1.29 is 8.42 Å². The van der Waals surface area contributed by atoms with Crippen LogP contribution < -0.4 is 5.32 Å². The lowest BCUT2D eigenvalue weighted by molar-refractivity contribution is 0.391. The largest absolute Gasteiger partial charge is 0.339 e. The van der Waals surface area contributed by atoms with E-state index in [-0.39, 0.29) is 11.4 Å². The third-order valence-electron chi connectivity index (χ3n) is 6.14. The van der Waals surface area contributed by atoms with Gasteiger partial charge in [0.1, 0.15) is 21.7 Å². The molecule has 0 fully saturated rings. The van der Waals surface area contributed by atoms with E-state index in [0.717, 1.165) is 45.3 Å². The van der Waals surface area contributed by atoms with Crippen LogP contribution in [0.5, 0.6) is 0 Å². The third-order valence-corrected chi connectivity index (χ3v) is 8.71. The number of fused-ring (bicyclic) bond motifs is 3. The van der Waals surface area contributed by atoms with E-state index in [1.165, 1.54) is 4.31 Å². The molecule has 170 valence electrons. The molecule has 0 radical (unpaired) electrons. The van der Waals surface area contributed by atoms with Gasteiger partial charge in [-0.1, -0.05) is 24.3 Å². The Morgan fingerprint density at radius 2 is 1.91 bits per heavy atom.